The Morgan fingerprint density at radius 3 is 2.76 bits per heavy atom. The largest absolute Gasteiger partial charge is 0.487 e. The fourth-order valence-electron chi connectivity index (χ4n) is 4.08. The highest BCUT2D eigenvalue weighted by Crippen LogP contribution is 2.35. The molecule has 1 N–H and O–H groups in total. The average molecular weight is 395 g/mol. The van der Waals surface area contributed by atoms with Gasteiger partial charge in [-0.15, -0.1) is 0 Å². The Morgan fingerprint density at radius 2 is 2.00 bits per heavy atom. The van der Waals surface area contributed by atoms with Gasteiger partial charge in [-0.1, -0.05) is 18.2 Å². The molecule has 1 saturated heterocycles. The molecule has 154 valence electrons. The van der Waals surface area contributed by atoms with E-state index in [2.05, 4.69) is 47.2 Å². The molecular weight excluding hydrogens is 364 g/mol. The summed E-state index contributed by atoms with van der Waals surface area (Å²) in [7, 11) is 0. The molecule has 2 aliphatic heterocycles. The molecule has 0 atom stereocenters. The minimum Gasteiger partial charge on any atom is -0.487 e. The Morgan fingerprint density at radius 1 is 1.17 bits per heavy atom. The van der Waals surface area contributed by atoms with Gasteiger partial charge in [-0.2, -0.15) is 0 Å². The fourth-order valence-corrected chi connectivity index (χ4v) is 4.08. The van der Waals surface area contributed by atoms with Crippen molar-refractivity contribution >= 4 is 11.7 Å². The molecule has 2 aromatic rings. The minimum absolute atomic E-state index is 0.110. The molecule has 0 spiro atoms. The first-order valence-corrected chi connectivity index (χ1v) is 10.5. The third kappa shape index (κ3) is 4.88. The van der Waals surface area contributed by atoms with Crippen LogP contribution in [0.15, 0.2) is 42.6 Å². The lowest BCUT2D eigenvalue weighted by Gasteiger charge is -2.35. The second kappa shape index (κ2) is 8.41. The van der Waals surface area contributed by atoms with Crippen LogP contribution in [0.4, 0.5) is 5.82 Å². The maximum Gasteiger partial charge on any atom is 0.223 e. The zero-order valence-corrected chi connectivity index (χ0v) is 17.4. The molecule has 1 aromatic heterocycles. The summed E-state index contributed by atoms with van der Waals surface area (Å²) < 4.78 is 5.93. The lowest BCUT2D eigenvalue weighted by molar-refractivity contribution is -0.131. The molecule has 29 heavy (non-hydrogen) atoms. The van der Waals surface area contributed by atoms with Gasteiger partial charge in [-0.05, 0) is 43.2 Å². The van der Waals surface area contributed by atoms with E-state index in [0.29, 0.717) is 13.0 Å². The summed E-state index contributed by atoms with van der Waals surface area (Å²) >= 11 is 0. The third-order valence-electron chi connectivity index (χ3n) is 5.58. The van der Waals surface area contributed by atoms with E-state index < -0.39 is 0 Å². The van der Waals surface area contributed by atoms with Crippen LogP contribution in [0.25, 0.3) is 0 Å². The van der Waals surface area contributed by atoms with Crippen LogP contribution in [-0.2, 0) is 17.8 Å². The quantitative estimate of drug-likeness (QED) is 0.764. The average Bonchev–Trinajstić information content (AvgIpc) is 3.05. The van der Waals surface area contributed by atoms with Crippen molar-refractivity contribution in [2.45, 2.75) is 38.8 Å². The molecule has 2 aliphatic rings. The van der Waals surface area contributed by atoms with Gasteiger partial charge in [0.2, 0.25) is 5.91 Å². The monoisotopic (exact) mass is 394 g/mol. The van der Waals surface area contributed by atoms with Crippen LogP contribution < -0.4 is 15.0 Å². The summed E-state index contributed by atoms with van der Waals surface area (Å²) in [5, 5.41) is 3.41. The normalized spacial score (nSPS) is 17.7. The molecule has 4 rings (SSSR count). The first-order valence-electron chi connectivity index (χ1n) is 10.5. The fraction of sp³-hybridized carbons (Fsp3) is 0.478. The number of rotatable bonds is 6. The number of nitrogens with one attached hydrogen (secondary N) is 1. The number of fused-ring (bicyclic) bond motifs is 1. The van der Waals surface area contributed by atoms with Crippen molar-refractivity contribution in [2.75, 3.05) is 37.6 Å². The smallest absolute Gasteiger partial charge is 0.223 e. The topological polar surface area (TPSA) is 57.7 Å². The molecule has 0 unspecified atom stereocenters. The lowest BCUT2D eigenvalue weighted by Crippen LogP contribution is -2.49. The number of amides is 1. The van der Waals surface area contributed by atoms with E-state index in [-0.39, 0.29) is 11.5 Å². The predicted octanol–water partition coefficient (Wildman–Crippen LogP) is 2.62. The maximum atomic E-state index is 12.5. The van der Waals surface area contributed by atoms with Crippen LogP contribution in [0.2, 0.25) is 0 Å². The third-order valence-corrected chi connectivity index (χ3v) is 5.58. The summed E-state index contributed by atoms with van der Waals surface area (Å²) in [6.07, 6.45) is 3.29. The summed E-state index contributed by atoms with van der Waals surface area (Å²) in [5.74, 6) is 2.21. The molecule has 6 nitrogen and oxygen atoms in total. The second-order valence-electron chi connectivity index (χ2n) is 8.46. The number of piperazine rings is 1. The van der Waals surface area contributed by atoms with Crippen LogP contribution in [-0.4, -0.2) is 54.1 Å². The number of anilines is 1. The number of hydrogen-bond donors (Lipinski definition) is 1. The SMILES string of the molecule is CC1(C)Cc2cc(CNCCC(=O)N3CCN(c4ccccn4)CC3)ccc2O1. The molecule has 1 fully saturated rings. The standard InChI is InChI=1S/C23H30N4O2/c1-23(2)16-19-15-18(6-7-20(19)29-23)17-24-10-8-22(28)27-13-11-26(12-14-27)21-5-3-4-9-25-21/h3-7,9,15,24H,8,10-14,16-17H2,1-2H3. The first kappa shape index (κ1) is 19.7. The van der Waals surface area contributed by atoms with Crippen LogP contribution in [0.1, 0.15) is 31.4 Å². The second-order valence-corrected chi connectivity index (χ2v) is 8.46. The molecular formula is C23H30N4O2. The highest BCUT2D eigenvalue weighted by molar-refractivity contribution is 5.76. The molecule has 0 saturated carbocycles. The van der Waals surface area contributed by atoms with Gasteiger partial charge in [0.15, 0.2) is 0 Å². The number of nitrogens with zero attached hydrogens (tertiary/aromatic N) is 3. The first-order chi connectivity index (χ1) is 14.0. The summed E-state index contributed by atoms with van der Waals surface area (Å²) in [4.78, 5) is 21.1. The number of carbonyl (C=O) groups is 1. The van der Waals surface area contributed by atoms with Gasteiger partial charge in [-0.25, -0.2) is 4.98 Å². The zero-order chi connectivity index (χ0) is 20.3. The summed E-state index contributed by atoms with van der Waals surface area (Å²) in [6, 6.07) is 12.3. The Kier molecular flexibility index (Phi) is 5.72. The number of ether oxygens (including phenoxy) is 1. The van der Waals surface area contributed by atoms with Crippen molar-refractivity contribution in [3.63, 3.8) is 0 Å². The maximum absolute atomic E-state index is 12.5. The van der Waals surface area contributed by atoms with Crippen LogP contribution in [0.5, 0.6) is 5.75 Å². The van der Waals surface area contributed by atoms with Gasteiger partial charge in [-0.3, -0.25) is 4.79 Å². The number of aromatic nitrogens is 1. The van der Waals surface area contributed by atoms with E-state index in [4.69, 9.17) is 4.74 Å². The number of pyridine rings is 1. The highest BCUT2D eigenvalue weighted by atomic mass is 16.5. The molecule has 0 aliphatic carbocycles. The Labute approximate surface area is 172 Å². The van der Waals surface area contributed by atoms with E-state index in [0.717, 1.165) is 50.7 Å². The van der Waals surface area contributed by atoms with Crippen LogP contribution in [0, 0.1) is 0 Å². The van der Waals surface area contributed by atoms with Crippen LogP contribution >= 0.6 is 0 Å². The van der Waals surface area contributed by atoms with Crippen molar-refractivity contribution in [3.05, 3.63) is 53.7 Å². The van der Waals surface area contributed by atoms with Gasteiger partial charge in [0, 0.05) is 58.3 Å². The molecule has 6 heteroatoms. The zero-order valence-electron chi connectivity index (χ0n) is 17.4. The Bertz CT molecular complexity index is 845. The van der Waals surface area contributed by atoms with Gasteiger partial charge in [0.1, 0.15) is 17.2 Å². The van der Waals surface area contributed by atoms with Gasteiger partial charge < -0.3 is 19.9 Å². The Hall–Kier alpha value is -2.60. The molecule has 0 bridgehead atoms. The van der Waals surface area contributed by atoms with Crippen molar-refractivity contribution < 1.29 is 9.53 Å². The van der Waals surface area contributed by atoms with E-state index in [1.165, 1.54) is 11.1 Å². The van der Waals surface area contributed by atoms with E-state index >= 15 is 0 Å². The Balaban J connectivity index is 1.18. The van der Waals surface area contributed by atoms with E-state index in [1.807, 2.05) is 29.3 Å². The van der Waals surface area contributed by atoms with Crippen molar-refractivity contribution in [1.29, 1.82) is 0 Å². The molecule has 1 aromatic carbocycles. The molecule has 3 heterocycles. The van der Waals surface area contributed by atoms with Gasteiger partial charge >= 0.3 is 0 Å². The molecule has 1 amide bonds. The summed E-state index contributed by atoms with van der Waals surface area (Å²) in [6.45, 7) is 8.89. The van der Waals surface area contributed by atoms with Gasteiger partial charge in [0.05, 0.1) is 0 Å². The molecule has 0 radical (unpaired) electrons. The van der Waals surface area contributed by atoms with E-state index in [9.17, 15) is 4.79 Å². The van der Waals surface area contributed by atoms with Gasteiger partial charge in [0.25, 0.3) is 0 Å². The summed E-state index contributed by atoms with van der Waals surface area (Å²) in [5.41, 5.74) is 2.40. The van der Waals surface area contributed by atoms with Crippen molar-refractivity contribution in [1.82, 2.24) is 15.2 Å². The van der Waals surface area contributed by atoms with Crippen molar-refractivity contribution in [3.8, 4) is 5.75 Å². The van der Waals surface area contributed by atoms with Crippen LogP contribution in [0.3, 0.4) is 0 Å². The lowest BCUT2D eigenvalue weighted by atomic mass is 10.0. The van der Waals surface area contributed by atoms with E-state index in [1.54, 1.807) is 0 Å². The number of carbonyl (C=O) groups excluding carboxylic acids is 1. The number of hydrogen-bond acceptors (Lipinski definition) is 5. The highest BCUT2D eigenvalue weighted by Gasteiger charge is 2.29. The van der Waals surface area contributed by atoms with Crippen molar-refractivity contribution in [2.24, 2.45) is 0 Å². The number of benzene rings is 1. The minimum atomic E-state index is -0.110. The predicted molar refractivity (Wildman–Crippen MR) is 114 cm³/mol.